The fraction of sp³-hybridized carbons (Fsp3) is 0.412. The minimum Gasteiger partial charge on any atom is -0.397 e. The summed E-state index contributed by atoms with van der Waals surface area (Å²) in [6.45, 7) is 2.67. The minimum absolute atomic E-state index is 0.375. The highest BCUT2D eigenvalue weighted by Gasteiger charge is 2.63. The van der Waals surface area contributed by atoms with E-state index in [2.05, 4.69) is 4.74 Å². The predicted molar refractivity (Wildman–Crippen MR) is 81.8 cm³/mol. The maximum atomic E-state index is 14.1. The van der Waals surface area contributed by atoms with Gasteiger partial charge in [0.25, 0.3) is 0 Å². The molecule has 1 aromatic rings. The SMILES string of the molecule is CC1(C)C(C=C(Cl)C(F)(F)F)C1C(=O)OC(F)(F)c1ccc(C#N)c(F)c1F. The topological polar surface area (TPSA) is 50.1 Å². The smallest absolute Gasteiger partial charge is 0.397 e. The molecular formula is C17H11ClF7NO2. The van der Waals surface area contributed by atoms with Crippen molar-refractivity contribution in [2.24, 2.45) is 17.3 Å². The zero-order valence-corrected chi connectivity index (χ0v) is 14.9. The largest absolute Gasteiger partial charge is 0.431 e. The Balaban J connectivity index is 2.25. The summed E-state index contributed by atoms with van der Waals surface area (Å²) in [4.78, 5) is 12.0. The van der Waals surface area contributed by atoms with Crippen LogP contribution in [0.3, 0.4) is 0 Å². The fourth-order valence-electron chi connectivity index (χ4n) is 2.80. The number of carbonyl (C=O) groups is 1. The Hall–Kier alpha value is -2.28. The molecule has 0 spiro atoms. The van der Waals surface area contributed by atoms with Crippen molar-refractivity contribution in [3.63, 3.8) is 0 Å². The van der Waals surface area contributed by atoms with Gasteiger partial charge in [-0.1, -0.05) is 31.5 Å². The summed E-state index contributed by atoms with van der Waals surface area (Å²) in [5, 5.41) is 7.03. The van der Waals surface area contributed by atoms with Gasteiger partial charge in [-0.3, -0.25) is 4.79 Å². The summed E-state index contributed by atoms with van der Waals surface area (Å²) in [5.74, 6) is -8.08. The molecule has 28 heavy (non-hydrogen) atoms. The molecule has 0 bridgehead atoms. The summed E-state index contributed by atoms with van der Waals surface area (Å²) in [5.41, 5.74) is -3.64. The van der Waals surface area contributed by atoms with Crippen molar-refractivity contribution in [3.05, 3.63) is 46.0 Å². The molecular weight excluding hydrogens is 419 g/mol. The number of ether oxygens (including phenoxy) is 1. The average Bonchev–Trinajstić information content (AvgIpc) is 3.09. The van der Waals surface area contributed by atoms with E-state index in [1.54, 1.807) is 0 Å². The predicted octanol–water partition coefficient (Wildman–Crippen LogP) is 5.39. The van der Waals surface area contributed by atoms with Crippen molar-refractivity contribution in [1.82, 2.24) is 0 Å². The van der Waals surface area contributed by atoms with Gasteiger partial charge in [-0.2, -0.15) is 27.2 Å². The number of hydrogen-bond donors (Lipinski definition) is 0. The van der Waals surface area contributed by atoms with Gasteiger partial charge >= 0.3 is 18.3 Å². The summed E-state index contributed by atoms with van der Waals surface area (Å²) >= 11 is 5.10. The zero-order chi connectivity index (χ0) is 21.7. The van der Waals surface area contributed by atoms with Gasteiger partial charge in [0.05, 0.1) is 11.5 Å². The van der Waals surface area contributed by atoms with Crippen LogP contribution in [0.15, 0.2) is 23.2 Å². The number of allylic oxidation sites excluding steroid dienone is 2. The van der Waals surface area contributed by atoms with E-state index >= 15 is 0 Å². The molecule has 0 heterocycles. The van der Waals surface area contributed by atoms with Crippen LogP contribution < -0.4 is 0 Å². The van der Waals surface area contributed by atoms with Gasteiger partial charge in [0, 0.05) is 0 Å². The molecule has 2 atom stereocenters. The molecule has 0 N–H and O–H groups in total. The highest BCUT2D eigenvalue weighted by molar-refractivity contribution is 6.30. The lowest BCUT2D eigenvalue weighted by atomic mass is 10.1. The van der Waals surface area contributed by atoms with Crippen LogP contribution in [0, 0.1) is 40.2 Å². The van der Waals surface area contributed by atoms with Crippen LogP contribution >= 0.6 is 11.6 Å². The van der Waals surface area contributed by atoms with E-state index < -0.39 is 63.3 Å². The average molecular weight is 430 g/mol. The van der Waals surface area contributed by atoms with Gasteiger partial charge in [-0.05, 0) is 23.5 Å². The summed E-state index contributed by atoms with van der Waals surface area (Å²) < 4.78 is 97.2. The minimum atomic E-state index is -4.87. The number of nitriles is 1. The van der Waals surface area contributed by atoms with Gasteiger partial charge < -0.3 is 4.74 Å². The van der Waals surface area contributed by atoms with Crippen LogP contribution in [0.4, 0.5) is 30.7 Å². The second-order valence-electron chi connectivity index (χ2n) is 6.68. The van der Waals surface area contributed by atoms with Crippen molar-refractivity contribution >= 4 is 17.6 Å². The first-order valence-electron chi connectivity index (χ1n) is 7.58. The molecule has 152 valence electrons. The first kappa shape index (κ1) is 22.0. The molecule has 0 radical (unpaired) electrons. The molecule has 1 aromatic carbocycles. The Morgan fingerprint density at radius 2 is 1.79 bits per heavy atom. The number of benzene rings is 1. The molecule has 2 rings (SSSR count). The molecule has 11 heteroatoms. The molecule has 3 nitrogen and oxygen atoms in total. The Bertz CT molecular complexity index is 887. The highest BCUT2D eigenvalue weighted by atomic mass is 35.5. The fourth-order valence-corrected chi connectivity index (χ4v) is 2.93. The standard InChI is InChI=1S/C17H11ClF7NO2/c1-15(2)9(5-10(18)16(21,22)23)11(15)14(27)28-17(24,25)8-4-3-7(6-26)12(19)13(8)20/h3-5,9,11H,1-2H3. The summed E-state index contributed by atoms with van der Waals surface area (Å²) in [6, 6.07) is 2.20. The van der Waals surface area contributed by atoms with Crippen molar-refractivity contribution in [2.75, 3.05) is 0 Å². The van der Waals surface area contributed by atoms with E-state index in [1.807, 2.05) is 0 Å². The van der Waals surface area contributed by atoms with Crippen LogP contribution in [0.1, 0.15) is 25.0 Å². The van der Waals surface area contributed by atoms with Crippen molar-refractivity contribution in [2.45, 2.75) is 26.1 Å². The van der Waals surface area contributed by atoms with Crippen LogP contribution in [-0.2, 0) is 15.6 Å². The number of halogens is 8. The van der Waals surface area contributed by atoms with E-state index in [-0.39, 0.29) is 0 Å². The van der Waals surface area contributed by atoms with E-state index in [4.69, 9.17) is 16.9 Å². The lowest BCUT2D eigenvalue weighted by Crippen LogP contribution is -2.26. The number of hydrogen-bond acceptors (Lipinski definition) is 3. The normalized spacial score (nSPS) is 21.8. The highest BCUT2D eigenvalue weighted by Crippen LogP contribution is 2.61. The van der Waals surface area contributed by atoms with Crippen molar-refractivity contribution in [3.8, 4) is 6.07 Å². The third-order valence-electron chi connectivity index (χ3n) is 4.51. The van der Waals surface area contributed by atoms with Gasteiger partial charge in [0.1, 0.15) is 16.7 Å². The summed E-state index contributed by atoms with van der Waals surface area (Å²) in [6.07, 6.45) is -8.97. The first-order chi connectivity index (χ1) is 12.6. The number of alkyl halides is 5. The molecule has 0 amide bonds. The van der Waals surface area contributed by atoms with E-state index in [0.717, 1.165) is 0 Å². The van der Waals surface area contributed by atoms with Crippen LogP contribution in [0.5, 0.6) is 0 Å². The molecule has 0 saturated heterocycles. The monoisotopic (exact) mass is 429 g/mol. The van der Waals surface area contributed by atoms with Crippen molar-refractivity contribution < 1.29 is 40.3 Å². The van der Waals surface area contributed by atoms with Crippen LogP contribution in [0.25, 0.3) is 0 Å². The number of nitrogens with zero attached hydrogens (tertiary/aromatic N) is 1. The zero-order valence-electron chi connectivity index (χ0n) is 14.2. The van der Waals surface area contributed by atoms with Crippen molar-refractivity contribution in [1.29, 1.82) is 5.26 Å². The quantitative estimate of drug-likeness (QED) is 0.476. The Morgan fingerprint density at radius 3 is 2.29 bits per heavy atom. The van der Waals surface area contributed by atoms with Crippen LogP contribution in [-0.4, -0.2) is 12.1 Å². The number of rotatable bonds is 4. The lowest BCUT2D eigenvalue weighted by molar-refractivity contribution is -0.243. The van der Waals surface area contributed by atoms with E-state index in [9.17, 15) is 35.5 Å². The van der Waals surface area contributed by atoms with E-state index in [1.165, 1.54) is 19.9 Å². The summed E-state index contributed by atoms with van der Waals surface area (Å²) in [7, 11) is 0. The van der Waals surface area contributed by atoms with E-state index in [0.29, 0.717) is 18.2 Å². The molecule has 0 aromatic heterocycles. The maximum Gasteiger partial charge on any atom is 0.431 e. The molecule has 2 unspecified atom stereocenters. The lowest BCUT2D eigenvalue weighted by Gasteiger charge is -2.18. The second kappa shape index (κ2) is 6.95. The van der Waals surface area contributed by atoms with Gasteiger partial charge in [0.15, 0.2) is 11.6 Å². The van der Waals surface area contributed by atoms with Crippen LogP contribution in [0.2, 0.25) is 0 Å². The molecule has 1 aliphatic rings. The molecule has 1 fully saturated rings. The third-order valence-corrected chi connectivity index (χ3v) is 4.85. The maximum absolute atomic E-state index is 14.1. The Morgan fingerprint density at radius 1 is 1.21 bits per heavy atom. The number of carbonyl (C=O) groups excluding carboxylic acids is 1. The third kappa shape index (κ3) is 3.94. The Labute approximate surface area is 159 Å². The van der Waals surface area contributed by atoms with Gasteiger partial charge in [0.2, 0.25) is 0 Å². The number of esters is 1. The molecule has 1 aliphatic carbocycles. The molecule has 1 saturated carbocycles. The first-order valence-corrected chi connectivity index (χ1v) is 7.96. The molecule has 0 aliphatic heterocycles. The van der Waals surface area contributed by atoms with Gasteiger partial charge in [-0.15, -0.1) is 0 Å². The second-order valence-corrected chi connectivity index (χ2v) is 7.08. The van der Waals surface area contributed by atoms with Gasteiger partial charge in [-0.25, -0.2) is 8.78 Å². The Kier molecular flexibility index (Phi) is 5.47.